The molecule has 1 aliphatic rings. The minimum absolute atomic E-state index is 0.696. The standard InChI is InChI=1S/C15H31NO/c1-3-5-6-7-8-11-15(16-4-2)14-10-9-12-17-13-14/h14-16H,3-13H2,1-2H3. The number of hydrogen-bond donors (Lipinski definition) is 1. The fraction of sp³-hybridized carbons (Fsp3) is 1.00. The molecular weight excluding hydrogens is 210 g/mol. The van der Waals surface area contributed by atoms with Crippen LogP contribution in [0.25, 0.3) is 0 Å². The van der Waals surface area contributed by atoms with E-state index in [2.05, 4.69) is 19.2 Å². The third kappa shape index (κ3) is 6.42. The van der Waals surface area contributed by atoms with E-state index in [4.69, 9.17) is 4.74 Å². The Hall–Kier alpha value is -0.0800. The Morgan fingerprint density at radius 1 is 1.18 bits per heavy atom. The maximum atomic E-state index is 5.61. The molecule has 0 spiro atoms. The van der Waals surface area contributed by atoms with Crippen molar-refractivity contribution in [3.8, 4) is 0 Å². The molecule has 17 heavy (non-hydrogen) atoms. The molecule has 0 aromatic carbocycles. The summed E-state index contributed by atoms with van der Waals surface area (Å²) >= 11 is 0. The molecule has 2 atom stereocenters. The van der Waals surface area contributed by atoms with E-state index in [1.807, 2.05) is 0 Å². The zero-order valence-electron chi connectivity index (χ0n) is 11.8. The van der Waals surface area contributed by atoms with Crippen molar-refractivity contribution in [2.75, 3.05) is 19.8 Å². The van der Waals surface area contributed by atoms with Gasteiger partial charge in [0.05, 0.1) is 6.61 Å². The van der Waals surface area contributed by atoms with Gasteiger partial charge in [0.25, 0.3) is 0 Å². The van der Waals surface area contributed by atoms with Crippen LogP contribution < -0.4 is 5.32 Å². The van der Waals surface area contributed by atoms with Gasteiger partial charge < -0.3 is 10.1 Å². The van der Waals surface area contributed by atoms with Gasteiger partial charge in [-0.3, -0.25) is 0 Å². The van der Waals surface area contributed by atoms with Crippen molar-refractivity contribution in [2.24, 2.45) is 5.92 Å². The fourth-order valence-electron chi connectivity index (χ4n) is 2.82. The van der Waals surface area contributed by atoms with Crippen molar-refractivity contribution in [1.82, 2.24) is 5.32 Å². The van der Waals surface area contributed by atoms with Gasteiger partial charge in [0, 0.05) is 12.6 Å². The van der Waals surface area contributed by atoms with Crippen LogP contribution in [0.2, 0.25) is 0 Å². The molecule has 2 nitrogen and oxygen atoms in total. The Kier molecular flexibility index (Phi) is 8.72. The summed E-state index contributed by atoms with van der Waals surface area (Å²) in [4.78, 5) is 0. The van der Waals surface area contributed by atoms with Crippen molar-refractivity contribution in [2.45, 2.75) is 71.3 Å². The lowest BCUT2D eigenvalue weighted by atomic mass is 9.90. The van der Waals surface area contributed by atoms with Gasteiger partial charge in [0.1, 0.15) is 0 Å². The number of rotatable bonds is 9. The van der Waals surface area contributed by atoms with Gasteiger partial charge in [-0.2, -0.15) is 0 Å². The topological polar surface area (TPSA) is 21.3 Å². The predicted octanol–water partition coefficient (Wildman–Crippen LogP) is 3.75. The first-order valence-corrected chi connectivity index (χ1v) is 7.69. The molecule has 1 saturated heterocycles. The Balaban J connectivity index is 2.17. The molecule has 0 bridgehead atoms. The van der Waals surface area contributed by atoms with Crippen LogP contribution in [-0.2, 0) is 4.74 Å². The predicted molar refractivity (Wildman–Crippen MR) is 74.4 cm³/mol. The number of unbranched alkanes of at least 4 members (excludes halogenated alkanes) is 4. The van der Waals surface area contributed by atoms with Crippen LogP contribution in [0.1, 0.15) is 65.2 Å². The molecule has 1 N–H and O–H groups in total. The summed E-state index contributed by atoms with van der Waals surface area (Å²) < 4.78 is 5.61. The zero-order chi connectivity index (χ0) is 12.3. The molecular formula is C15H31NO. The van der Waals surface area contributed by atoms with E-state index in [1.165, 1.54) is 51.4 Å². The molecule has 2 heteroatoms. The highest BCUT2D eigenvalue weighted by molar-refractivity contribution is 4.78. The van der Waals surface area contributed by atoms with E-state index in [1.54, 1.807) is 0 Å². The average molecular weight is 241 g/mol. The molecule has 1 heterocycles. The summed E-state index contributed by atoms with van der Waals surface area (Å²) in [5.41, 5.74) is 0. The molecule has 1 rings (SSSR count). The van der Waals surface area contributed by atoms with Crippen molar-refractivity contribution in [1.29, 1.82) is 0 Å². The Bertz CT molecular complexity index is 166. The number of hydrogen-bond acceptors (Lipinski definition) is 2. The van der Waals surface area contributed by atoms with Crippen LogP contribution in [-0.4, -0.2) is 25.8 Å². The van der Waals surface area contributed by atoms with Crippen LogP contribution in [0, 0.1) is 5.92 Å². The maximum absolute atomic E-state index is 5.61. The molecule has 0 saturated carbocycles. The van der Waals surface area contributed by atoms with Gasteiger partial charge in [-0.25, -0.2) is 0 Å². The van der Waals surface area contributed by atoms with E-state index in [-0.39, 0.29) is 0 Å². The molecule has 1 aliphatic heterocycles. The smallest absolute Gasteiger partial charge is 0.0509 e. The Morgan fingerprint density at radius 2 is 2.00 bits per heavy atom. The van der Waals surface area contributed by atoms with E-state index < -0.39 is 0 Å². The van der Waals surface area contributed by atoms with Gasteiger partial charge in [-0.15, -0.1) is 0 Å². The lowest BCUT2D eigenvalue weighted by Crippen LogP contribution is -2.40. The van der Waals surface area contributed by atoms with Gasteiger partial charge in [0.15, 0.2) is 0 Å². The van der Waals surface area contributed by atoms with Gasteiger partial charge in [-0.05, 0) is 31.7 Å². The summed E-state index contributed by atoms with van der Waals surface area (Å²) in [6.45, 7) is 7.54. The first-order chi connectivity index (χ1) is 8.38. The molecule has 0 aliphatic carbocycles. The monoisotopic (exact) mass is 241 g/mol. The lowest BCUT2D eigenvalue weighted by Gasteiger charge is -2.31. The van der Waals surface area contributed by atoms with E-state index in [0.717, 1.165) is 25.7 Å². The second-order valence-electron chi connectivity index (χ2n) is 5.34. The molecule has 1 fully saturated rings. The van der Waals surface area contributed by atoms with Crippen molar-refractivity contribution < 1.29 is 4.74 Å². The van der Waals surface area contributed by atoms with Crippen LogP contribution in [0.5, 0.6) is 0 Å². The first kappa shape index (κ1) is 15.0. The molecule has 0 aromatic rings. The quantitative estimate of drug-likeness (QED) is 0.621. The van der Waals surface area contributed by atoms with Crippen LogP contribution in [0.4, 0.5) is 0 Å². The van der Waals surface area contributed by atoms with Crippen molar-refractivity contribution >= 4 is 0 Å². The second kappa shape index (κ2) is 9.90. The molecule has 0 radical (unpaired) electrons. The highest BCUT2D eigenvalue weighted by atomic mass is 16.5. The third-order valence-electron chi connectivity index (χ3n) is 3.85. The average Bonchev–Trinajstić information content (AvgIpc) is 2.38. The normalized spacial score (nSPS) is 22.6. The molecule has 2 unspecified atom stereocenters. The molecule has 0 aromatic heterocycles. The Morgan fingerprint density at radius 3 is 2.65 bits per heavy atom. The minimum atomic E-state index is 0.696. The van der Waals surface area contributed by atoms with Crippen LogP contribution in [0.3, 0.4) is 0 Å². The van der Waals surface area contributed by atoms with E-state index in [0.29, 0.717) is 6.04 Å². The molecule has 0 amide bonds. The SMILES string of the molecule is CCCCCCCC(NCC)C1CCCOC1. The van der Waals surface area contributed by atoms with E-state index >= 15 is 0 Å². The number of nitrogens with one attached hydrogen (secondary N) is 1. The van der Waals surface area contributed by atoms with Crippen LogP contribution in [0.15, 0.2) is 0 Å². The Labute approximate surface area is 108 Å². The largest absolute Gasteiger partial charge is 0.381 e. The molecule has 102 valence electrons. The van der Waals surface area contributed by atoms with Crippen molar-refractivity contribution in [3.05, 3.63) is 0 Å². The highest BCUT2D eigenvalue weighted by Crippen LogP contribution is 2.21. The van der Waals surface area contributed by atoms with Gasteiger partial charge in [-0.1, -0.05) is 46.0 Å². The maximum Gasteiger partial charge on any atom is 0.0509 e. The van der Waals surface area contributed by atoms with Gasteiger partial charge in [0.2, 0.25) is 0 Å². The van der Waals surface area contributed by atoms with Gasteiger partial charge >= 0.3 is 0 Å². The second-order valence-corrected chi connectivity index (χ2v) is 5.34. The zero-order valence-corrected chi connectivity index (χ0v) is 11.8. The summed E-state index contributed by atoms with van der Waals surface area (Å²) in [5, 5.41) is 3.66. The summed E-state index contributed by atoms with van der Waals surface area (Å²) in [6.07, 6.45) is 10.9. The highest BCUT2D eigenvalue weighted by Gasteiger charge is 2.22. The fourth-order valence-corrected chi connectivity index (χ4v) is 2.82. The van der Waals surface area contributed by atoms with Crippen molar-refractivity contribution in [3.63, 3.8) is 0 Å². The van der Waals surface area contributed by atoms with Crippen LogP contribution >= 0.6 is 0 Å². The van der Waals surface area contributed by atoms with E-state index in [9.17, 15) is 0 Å². The third-order valence-corrected chi connectivity index (χ3v) is 3.85. The summed E-state index contributed by atoms with van der Waals surface area (Å²) in [7, 11) is 0. The first-order valence-electron chi connectivity index (χ1n) is 7.69. The lowest BCUT2D eigenvalue weighted by molar-refractivity contribution is 0.0378. The number of ether oxygens (including phenoxy) is 1. The summed E-state index contributed by atoms with van der Waals surface area (Å²) in [6, 6.07) is 0.696. The summed E-state index contributed by atoms with van der Waals surface area (Å²) in [5.74, 6) is 0.759. The minimum Gasteiger partial charge on any atom is -0.381 e.